The van der Waals surface area contributed by atoms with E-state index in [2.05, 4.69) is 0 Å². The van der Waals surface area contributed by atoms with Crippen molar-refractivity contribution in [3.05, 3.63) is 0 Å². The number of hydrogen-bond acceptors (Lipinski definition) is 2. The third-order valence-electron chi connectivity index (χ3n) is 2.48. The molecule has 1 heterocycles. The molecular weight excluding hydrogens is 192 g/mol. The number of β-amino-alcohol motifs (C(OH)–C–C–N with tert-alkyl or cyclic N) is 1. The number of rotatable bonds is 2. The molecule has 4 heteroatoms. The Morgan fingerprint density at radius 2 is 1.73 bits per heavy atom. The molecule has 4 nitrogen and oxygen atoms in total. The van der Waals surface area contributed by atoms with Crippen LogP contribution in [-0.4, -0.2) is 51.7 Å². The van der Waals surface area contributed by atoms with Gasteiger partial charge in [0.1, 0.15) is 0 Å². The molecule has 0 aliphatic carbocycles. The minimum atomic E-state index is -0.816. The largest absolute Gasteiger partial charge is 0.389 e. The third kappa shape index (κ3) is 3.09. The summed E-state index contributed by atoms with van der Waals surface area (Å²) in [5.41, 5.74) is -0.949. The fourth-order valence-corrected chi connectivity index (χ4v) is 1.82. The van der Waals surface area contributed by atoms with Crippen LogP contribution in [0.5, 0.6) is 0 Å². The first-order valence-electron chi connectivity index (χ1n) is 5.40. The summed E-state index contributed by atoms with van der Waals surface area (Å²) < 4.78 is 0. The van der Waals surface area contributed by atoms with Crippen LogP contribution in [0, 0.1) is 0 Å². The van der Waals surface area contributed by atoms with Crippen LogP contribution in [0.2, 0.25) is 0 Å². The molecule has 0 spiro atoms. The molecule has 15 heavy (non-hydrogen) atoms. The minimum absolute atomic E-state index is 0.0321. The second-order valence-corrected chi connectivity index (χ2v) is 5.84. The zero-order valence-corrected chi connectivity index (χ0v) is 10.4. The van der Waals surface area contributed by atoms with Gasteiger partial charge in [0.2, 0.25) is 0 Å². The highest BCUT2D eigenvalue weighted by Crippen LogP contribution is 2.21. The first kappa shape index (κ1) is 12.3. The Labute approximate surface area is 91.9 Å². The third-order valence-corrected chi connectivity index (χ3v) is 2.48. The average Bonchev–Trinajstić information content (AvgIpc) is 2.27. The van der Waals surface area contributed by atoms with Gasteiger partial charge in [-0.25, -0.2) is 4.79 Å². The van der Waals surface area contributed by atoms with E-state index in [0.717, 1.165) is 6.54 Å². The average molecular weight is 214 g/mol. The summed E-state index contributed by atoms with van der Waals surface area (Å²) in [5.74, 6) is 0. The van der Waals surface area contributed by atoms with Gasteiger partial charge in [0, 0.05) is 18.6 Å². The van der Waals surface area contributed by atoms with Crippen molar-refractivity contribution in [1.82, 2.24) is 9.80 Å². The number of hydrogen-bond donors (Lipinski definition) is 1. The molecule has 2 amide bonds. The Balaban J connectivity index is 2.65. The summed E-state index contributed by atoms with van der Waals surface area (Å²) in [4.78, 5) is 15.5. The molecule has 0 unspecified atom stereocenters. The van der Waals surface area contributed by atoms with Gasteiger partial charge in [0.25, 0.3) is 0 Å². The number of amides is 2. The van der Waals surface area contributed by atoms with Gasteiger partial charge in [0.05, 0.1) is 12.1 Å². The van der Waals surface area contributed by atoms with Crippen molar-refractivity contribution in [3.63, 3.8) is 0 Å². The zero-order chi connectivity index (χ0) is 11.9. The van der Waals surface area contributed by atoms with Crippen molar-refractivity contribution >= 4 is 6.03 Å². The normalized spacial score (nSPS) is 18.9. The van der Waals surface area contributed by atoms with Crippen LogP contribution in [0.3, 0.4) is 0 Å². The predicted octanol–water partition coefficient (Wildman–Crippen LogP) is 1.29. The number of urea groups is 1. The molecule has 0 saturated carbocycles. The van der Waals surface area contributed by atoms with Crippen LogP contribution < -0.4 is 0 Å². The van der Waals surface area contributed by atoms with Crippen molar-refractivity contribution in [2.24, 2.45) is 0 Å². The topological polar surface area (TPSA) is 43.8 Å². The number of aliphatic hydroxyl groups is 1. The minimum Gasteiger partial charge on any atom is -0.389 e. The molecule has 1 aliphatic rings. The van der Waals surface area contributed by atoms with E-state index in [1.54, 1.807) is 18.7 Å². The molecule has 0 aromatic heterocycles. The van der Waals surface area contributed by atoms with E-state index in [4.69, 9.17) is 0 Å². The van der Waals surface area contributed by atoms with Gasteiger partial charge in [-0.05, 0) is 34.6 Å². The van der Waals surface area contributed by atoms with Crippen molar-refractivity contribution in [3.8, 4) is 0 Å². The standard InChI is InChI=1S/C11H22N2O2/c1-10(2,3)13-7-6-12(9(13)14)8-11(4,5)15/h15H,6-8H2,1-5H3. The highest BCUT2D eigenvalue weighted by atomic mass is 16.3. The fourth-order valence-electron chi connectivity index (χ4n) is 1.82. The van der Waals surface area contributed by atoms with E-state index < -0.39 is 5.60 Å². The maximum absolute atomic E-state index is 12.0. The van der Waals surface area contributed by atoms with Gasteiger partial charge < -0.3 is 14.9 Å². The predicted molar refractivity (Wildman–Crippen MR) is 59.7 cm³/mol. The zero-order valence-electron chi connectivity index (χ0n) is 10.4. The van der Waals surface area contributed by atoms with Crippen LogP contribution in [-0.2, 0) is 0 Å². The van der Waals surface area contributed by atoms with E-state index in [9.17, 15) is 9.90 Å². The quantitative estimate of drug-likeness (QED) is 0.753. The van der Waals surface area contributed by atoms with Gasteiger partial charge in [-0.1, -0.05) is 0 Å². The van der Waals surface area contributed by atoms with E-state index in [0.29, 0.717) is 13.1 Å². The molecule has 1 saturated heterocycles. The smallest absolute Gasteiger partial charge is 0.320 e. The molecule has 1 N–H and O–H groups in total. The van der Waals surface area contributed by atoms with Gasteiger partial charge in [-0.2, -0.15) is 0 Å². The Hall–Kier alpha value is -0.770. The number of carbonyl (C=O) groups is 1. The van der Waals surface area contributed by atoms with Crippen LogP contribution in [0.15, 0.2) is 0 Å². The maximum atomic E-state index is 12.0. The lowest BCUT2D eigenvalue weighted by atomic mass is 10.1. The Morgan fingerprint density at radius 1 is 1.20 bits per heavy atom. The first-order chi connectivity index (χ1) is 6.61. The second kappa shape index (κ2) is 3.67. The lowest BCUT2D eigenvalue weighted by Crippen LogP contribution is -2.46. The Bertz CT molecular complexity index is 250. The van der Waals surface area contributed by atoms with E-state index in [1.165, 1.54) is 0 Å². The molecule has 0 aromatic carbocycles. The highest BCUT2D eigenvalue weighted by molar-refractivity contribution is 5.77. The molecule has 88 valence electrons. The summed E-state index contributed by atoms with van der Waals surface area (Å²) >= 11 is 0. The molecule has 0 atom stereocenters. The van der Waals surface area contributed by atoms with Crippen LogP contribution >= 0.6 is 0 Å². The summed E-state index contributed by atoms with van der Waals surface area (Å²) in [6, 6.07) is 0.0321. The molecule has 0 radical (unpaired) electrons. The van der Waals surface area contributed by atoms with Crippen LogP contribution in [0.25, 0.3) is 0 Å². The monoisotopic (exact) mass is 214 g/mol. The molecule has 0 aromatic rings. The van der Waals surface area contributed by atoms with Crippen molar-refractivity contribution in [2.45, 2.75) is 45.8 Å². The van der Waals surface area contributed by atoms with E-state index >= 15 is 0 Å². The second-order valence-electron chi connectivity index (χ2n) is 5.84. The van der Waals surface area contributed by atoms with Crippen molar-refractivity contribution < 1.29 is 9.90 Å². The maximum Gasteiger partial charge on any atom is 0.320 e. The first-order valence-corrected chi connectivity index (χ1v) is 5.40. The van der Waals surface area contributed by atoms with Gasteiger partial charge in [-0.3, -0.25) is 0 Å². The number of nitrogens with zero attached hydrogens (tertiary/aromatic N) is 2. The van der Waals surface area contributed by atoms with Crippen molar-refractivity contribution in [1.29, 1.82) is 0 Å². The van der Waals surface area contributed by atoms with E-state index in [1.807, 2.05) is 25.7 Å². The lowest BCUT2D eigenvalue weighted by Gasteiger charge is -2.32. The molecule has 0 bridgehead atoms. The molecule has 1 fully saturated rings. The highest BCUT2D eigenvalue weighted by Gasteiger charge is 2.37. The van der Waals surface area contributed by atoms with Gasteiger partial charge in [-0.15, -0.1) is 0 Å². The summed E-state index contributed by atoms with van der Waals surface area (Å²) in [6.45, 7) is 11.4. The molecule has 1 aliphatic heterocycles. The van der Waals surface area contributed by atoms with E-state index in [-0.39, 0.29) is 11.6 Å². The summed E-state index contributed by atoms with van der Waals surface area (Å²) in [7, 11) is 0. The molecule has 1 rings (SSSR count). The summed E-state index contributed by atoms with van der Waals surface area (Å²) in [5, 5.41) is 9.67. The fraction of sp³-hybridized carbons (Fsp3) is 0.909. The summed E-state index contributed by atoms with van der Waals surface area (Å²) in [6.07, 6.45) is 0. The van der Waals surface area contributed by atoms with Gasteiger partial charge >= 0.3 is 6.03 Å². The van der Waals surface area contributed by atoms with Crippen LogP contribution in [0.4, 0.5) is 4.79 Å². The molecular formula is C11H22N2O2. The van der Waals surface area contributed by atoms with Gasteiger partial charge in [0.15, 0.2) is 0 Å². The Morgan fingerprint density at radius 3 is 2.07 bits per heavy atom. The van der Waals surface area contributed by atoms with Crippen molar-refractivity contribution in [2.75, 3.05) is 19.6 Å². The van der Waals surface area contributed by atoms with Crippen LogP contribution in [0.1, 0.15) is 34.6 Å². The SMILES string of the molecule is CC(C)(O)CN1CCN(C(C)(C)C)C1=O. The lowest BCUT2D eigenvalue weighted by molar-refractivity contribution is 0.0499. The Kier molecular flexibility index (Phi) is 3.01. The number of carbonyl (C=O) groups excluding carboxylic acids is 1.